The predicted octanol–water partition coefficient (Wildman–Crippen LogP) is 0.530. The molecular weight excluding hydrogens is 300 g/mol. The van der Waals surface area contributed by atoms with Gasteiger partial charge in [-0.1, -0.05) is 13.8 Å². The molecule has 0 aromatic carbocycles. The number of hydrogen-bond acceptors (Lipinski definition) is 5. The molecule has 2 aliphatic heterocycles. The van der Waals surface area contributed by atoms with Gasteiger partial charge < -0.3 is 14.9 Å². The topological polar surface area (TPSA) is 77.9 Å². The normalized spacial score (nSPS) is 26.6. The Hall–Kier alpha value is -0.890. The van der Waals surface area contributed by atoms with Crippen LogP contribution in [0, 0.1) is 5.92 Å². The summed E-state index contributed by atoms with van der Waals surface area (Å²) in [4.78, 5) is 38.2. The highest BCUT2D eigenvalue weighted by Gasteiger charge is 2.43. The second kappa shape index (κ2) is 6.26. The van der Waals surface area contributed by atoms with Crippen LogP contribution in [0.2, 0.25) is 0 Å². The zero-order chi connectivity index (χ0) is 14.9. The monoisotopic (exact) mass is 318 g/mol. The van der Waals surface area contributed by atoms with Crippen molar-refractivity contribution in [3.63, 3.8) is 0 Å². The van der Waals surface area contributed by atoms with Crippen LogP contribution in [-0.4, -0.2) is 68.0 Å². The summed E-state index contributed by atoms with van der Waals surface area (Å²) in [5, 5.41) is 9.12. The first-order chi connectivity index (χ1) is 9.41. The molecule has 2 amide bonds. The maximum atomic E-state index is 12.4. The van der Waals surface area contributed by atoms with Gasteiger partial charge in [0.1, 0.15) is 12.6 Å². The van der Waals surface area contributed by atoms with Gasteiger partial charge in [0.2, 0.25) is 11.8 Å². The molecule has 0 spiro atoms. The van der Waals surface area contributed by atoms with Gasteiger partial charge in [0.05, 0.1) is 17.0 Å². The smallest absolute Gasteiger partial charge is 0.327 e. The minimum atomic E-state index is -0.976. The molecule has 0 aliphatic carbocycles. The standard InChI is InChI=1S/C12H18N2O4S2/c1-7(2)11-14(8(4-20-11)12(17)18)9(15)3-13-6-19-5-10(13)16/h7-8,11H,3-6H2,1-2H3,(H,17,18). The Morgan fingerprint density at radius 1 is 1.45 bits per heavy atom. The van der Waals surface area contributed by atoms with E-state index in [0.717, 1.165) is 0 Å². The Kier molecular flexibility index (Phi) is 4.85. The molecule has 0 bridgehead atoms. The Balaban J connectivity index is 2.10. The first-order valence-corrected chi connectivity index (χ1v) is 8.63. The molecule has 2 heterocycles. The highest BCUT2D eigenvalue weighted by atomic mass is 32.2. The number of nitrogens with zero attached hydrogens (tertiary/aromatic N) is 2. The second-order valence-corrected chi connectivity index (χ2v) is 7.30. The van der Waals surface area contributed by atoms with Gasteiger partial charge in [-0.25, -0.2) is 4.79 Å². The van der Waals surface area contributed by atoms with Gasteiger partial charge in [0.15, 0.2) is 0 Å². The zero-order valence-corrected chi connectivity index (χ0v) is 13.1. The number of carbonyl (C=O) groups excluding carboxylic acids is 2. The quantitative estimate of drug-likeness (QED) is 0.815. The lowest BCUT2D eigenvalue weighted by molar-refractivity contribution is -0.150. The zero-order valence-electron chi connectivity index (χ0n) is 11.4. The van der Waals surface area contributed by atoms with Crippen molar-refractivity contribution in [2.24, 2.45) is 5.92 Å². The Bertz CT molecular complexity index is 430. The lowest BCUT2D eigenvalue weighted by Gasteiger charge is -2.31. The van der Waals surface area contributed by atoms with Gasteiger partial charge in [0, 0.05) is 5.75 Å². The molecule has 1 N–H and O–H groups in total. The van der Waals surface area contributed by atoms with Gasteiger partial charge in [-0.2, -0.15) is 0 Å². The molecule has 2 unspecified atom stereocenters. The lowest BCUT2D eigenvalue weighted by Crippen LogP contribution is -2.50. The molecule has 0 aromatic heterocycles. The molecule has 20 heavy (non-hydrogen) atoms. The van der Waals surface area contributed by atoms with E-state index in [-0.39, 0.29) is 29.7 Å². The lowest BCUT2D eigenvalue weighted by atomic mass is 10.1. The van der Waals surface area contributed by atoms with Crippen LogP contribution >= 0.6 is 23.5 Å². The van der Waals surface area contributed by atoms with Crippen molar-refractivity contribution in [2.75, 3.05) is 23.9 Å². The van der Waals surface area contributed by atoms with E-state index < -0.39 is 12.0 Å². The predicted molar refractivity (Wildman–Crippen MR) is 78.4 cm³/mol. The summed E-state index contributed by atoms with van der Waals surface area (Å²) >= 11 is 2.97. The van der Waals surface area contributed by atoms with Gasteiger partial charge in [-0.15, -0.1) is 23.5 Å². The van der Waals surface area contributed by atoms with Crippen molar-refractivity contribution in [1.82, 2.24) is 9.80 Å². The van der Waals surface area contributed by atoms with E-state index in [1.165, 1.54) is 33.3 Å². The number of hydrogen-bond donors (Lipinski definition) is 1. The van der Waals surface area contributed by atoms with E-state index in [1.807, 2.05) is 13.8 Å². The van der Waals surface area contributed by atoms with Crippen LogP contribution in [0.4, 0.5) is 0 Å². The van der Waals surface area contributed by atoms with E-state index in [2.05, 4.69) is 0 Å². The molecule has 2 saturated heterocycles. The number of carbonyl (C=O) groups is 3. The van der Waals surface area contributed by atoms with Crippen LogP contribution in [-0.2, 0) is 14.4 Å². The molecule has 0 aromatic rings. The van der Waals surface area contributed by atoms with E-state index in [1.54, 1.807) is 0 Å². The average molecular weight is 318 g/mol. The van der Waals surface area contributed by atoms with E-state index >= 15 is 0 Å². The fourth-order valence-electron chi connectivity index (χ4n) is 2.33. The summed E-state index contributed by atoms with van der Waals surface area (Å²) in [6.07, 6.45) is 0. The van der Waals surface area contributed by atoms with Gasteiger partial charge in [-0.05, 0) is 5.92 Å². The van der Waals surface area contributed by atoms with Crippen molar-refractivity contribution in [2.45, 2.75) is 25.3 Å². The molecule has 2 atom stereocenters. The van der Waals surface area contributed by atoms with Crippen molar-refractivity contribution in [3.8, 4) is 0 Å². The van der Waals surface area contributed by atoms with E-state index in [4.69, 9.17) is 0 Å². The van der Waals surface area contributed by atoms with E-state index in [0.29, 0.717) is 17.4 Å². The minimum absolute atomic E-state index is 0.0145. The summed E-state index contributed by atoms with van der Waals surface area (Å²) in [6.45, 7) is 3.93. The van der Waals surface area contributed by atoms with Crippen LogP contribution in [0.25, 0.3) is 0 Å². The highest BCUT2D eigenvalue weighted by Crippen LogP contribution is 2.34. The third-order valence-corrected chi connectivity index (χ3v) is 5.90. The van der Waals surface area contributed by atoms with Crippen LogP contribution in [0.15, 0.2) is 0 Å². The van der Waals surface area contributed by atoms with Crippen molar-refractivity contribution < 1.29 is 19.5 Å². The summed E-state index contributed by atoms with van der Waals surface area (Å²) in [5.41, 5.74) is 0. The highest BCUT2D eigenvalue weighted by molar-refractivity contribution is 8.00. The fraction of sp³-hybridized carbons (Fsp3) is 0.750. The fourth-order valence-corrected chi connectivity index (χ4v) is 4.73. The molecular formula is C12H18N2O4S2. The third-order valence-electron chi connectivity index (χ3n) is 3.33. The molecule has 2 fully saturated rings. The second-order valence-electron chi connectivity index (χ2n) is 5.19. The SMILES string of the molecule is CC(C)C1SCC(C(=O)O)N1C(=O)CN1CSCC1=O. The van der Waals surface area contributed by atoms with Crippen molar-refractivity contribution in [1.29, 1.82) is 0 Å². The number of amides is 2. The molecule has 0 radical (unpaired) electrons. The summed E-state index contributed by atoms with van der Waals surface area (Å²) in [7, 11) is 0. The largest absolute Gasteiger partial charge is 0.480 e. The third kappa shape index (κ3) is 3.06. The average Bonchev–Trinajstić information content (AvgIpc) is 2.96. The minimum Gasteiger partial charge on any atom is -0.480 e. The Morgan fingerprint density at radius 3 is 2.65 bits per heavy atom. The van der Waals surface area contributed by atoms with E-state index in [9.17, 15) is 19.5 Å². The van der Waals surface area contributed by atoms with Gasteiger partial charge >= 0.3 is 5.97 Å². The molecule has 0 saturated carbocycles. The molecule has 2 rings (SSSR count). The number of carboxylic acids is 1. The number of thioether (sulfide) groups is 2. The van der Waals surface area contributed by atoms with Crippen molar-refractivity contribution in [3.05, 3.63) is 0 Å². The molecule has 112 valence electrons. The summed E-state index contributed by atoms with van der Waals surface area (Å²) < 4.78 is 0. The Labute approximate surface area is 126 Å². The summed E-state index contributed by atoms with van der Waals surface area (Å²) in [6, 6.07) is -0.787. The molecule has 8 heteroatoms. The van der Waals surface area contributed by atoms with Crippen LogP contribution in [0.5, 0.6) is 0 Å². The first kappa shape index (κ1) is 15.5. The Morgan fingerprint density at radius 2 is 2.15 bits per heavy atom. The van der Waals surface area contributed by atoms with Crippen LogP contribution in [0.1, 0.15) is 13.8 Å². The molecule has 6 nitrogen and oxygen atoms in total. The maximum absolute atomic E-state index is 12.4. The summed E-state index contributed by atoms with van der Waals surface area (Å²) in [5.74, 6) is 0.202. The van der Waals surface area contributed by atoms with Crippen LogP contribution in [0.3, 0.4) is 0 Å². The van der Waals surface area contributed by atoms with Crippen molar-refractivity contribution >= 4 is 41.3 Å². The molecule has 2 aliphatic rings. The first-order valence-electron chi connectivity index (χ1n) is 6.43. The van der Waals surface area contributed by atoms with Crippen LogP contribution < -0.4 is 0 Å². The number of aliphatic carboxylic acids is 1. The van der Waals surface area contributed by atoms with Gasteiger partial charge in [0.25, 0.3) is 0 Å². The number of carboxylic acid groups (broad SMARTS) is 1. The maximum Gasteiger partial charge on any atom is 0.327 e. The van der Waals surface area contributed by atoms with Gasteiger partial charge in [-0.3, -0.25) is 9.59 Å². The number of rotatable bonds is 4.